The summed E-state index contributed by atoms with van der Waals surface area (Å²) >= 11 is 0. The molecule has 0 radical (unpaired) electrons. The zero-order chi connectivity index (χ0) is 11.5. The van der Waals surface area contributed by atoms with Crippen LogP contribution in [0.2, 0.25) is 18.1 Å². The first kappa shape index (κ1) is 12.7. The van der Waals surface area contributed by atoms with Crippen molar-refractivity contribution in [1.82, 2.24) is 0 Å². The SMILES string of the molecule is CC(C)(C)[Si](C)(C)OCC1=CC=CCC1. The van der Waals surface area contributed by atoms with E-state index in [1.54, 1.807) is 0 Å². The average Bonchev–Trinajstić information content (AvgIpc) is 2.15. The molecule has 0 heterocycles. The first-order valence-electron chi connectivity index (χ1n) is 5.81. The smallest absolute Gasteiger partial charge is 0.192 e. The third kappa shape index (κ3) is 3.62. The van der Waals surface area contributed by atoms with E-state index in [-0.39, 0.29) is 0 Å². The molecule has 86 valence electrons. The molecule has 0 aromatic heterocycles. The summed E-state index contributed by atoms with van der Waals surface area (Å²) in [6, 6.07) is 0. The van der Waals surface area contributed by atoms with Gasteiger partial charge in [-0.2, -0.15) is 0 Å². The molecular weight excluding hydrogens is 200 g/mol. The highest BCUT2D eigenvalue weighted by Gasteiger charge is 2.37. The second kappa shape index (κ2) is 4.66. The van der Waals surface area contributed by atoms with Gasteiger partial charge in [-0.1, -0.05) is 39.0 Å². The Morgan fingerprint density at radius 3 is 2.47 bits per heavy atom. The molecule has 0 N–H and O–H groups in total. The van der Waals surface area contributed by atoms with Crippen LogP contribution < -0.4 is 0 Å². The highest BCUT2D eigenvalue weighted by atomic mass is 28.4. The van der Waals surface area contributed by atoms with E-state index in [4.69, 9.17) is 4.43 Å². The molecule has 0 saturated heterocycles. The minimum atomic E-state index is -1.55. The van der Waals surface area contributed by atoms with Crippen LogP contribution in [0.15, 0.2) is 23.8 Å². The van der Waals surface area contributed by atoms with Crippen LogP contribution in [0, 0.1) is 0 Å². The van der Waals surface area contributed by atoms with Gasteiger partial charge in [0.15, 0.2) is 8.32 Å². The van der Waals surface area contributed by atoms with Crippen LogP contribution in [0.5, 0.6) is 0 Å². The van der Waals surface area contributed by atoms with Crippen molar-refractivity contribution < 1.29 is 4.43 Å². The Bertz CT molecular complexity index is 269. The summed E-state index contributed by atoms with van der Waals surface area (Å²) in [5.41, 5.74) is 1.45. The molecule has 0 fully saturated rings. The van der Waals surface area contributed by atoms with E-state index in [1.165, 1.54) is 18.4 Å². The van der Waals surface area contributed by atoms with Crippen LogP contribution in [0.25, 0.3) is 0 Å². The van der Waals surface area contributed by atoms with Crippen molar-refractivity contribution in [3.8, 4) is 0 Å². The van der Waals surface area contributed by atoms with Gasteiger partial charge in [-0.15, -0.1) is 0 Å². The number of hydrogen-bond donors (Lipinski definition) is 0. The molecule has 0 aromatic carbocycles. The molecule has 0 spiro atoms. The fraction of sp³-hybridized carbons (Fsp3) is 0.692. The topological polar surface area (TPSA) is 9.23 Å². The molecule has 1 rings (SSSR count). The van der Waals surface area contributed by atoms with Crippen LogP contribution in [0.1, 0.15) is 33.6 Å². The predicted molar refractivity (Wildman–Crippen MR) is 69.6 cm³/mol. The van der Waals surface area contributed by atoms with E-state index in [0.29, 0.717) is 5.04 Å². The van der Waals surface area contributed by atoms with E-state index >= 15 is 0 Å². The third-order valence-electron chi connectivity index (χ3n) is 3.52. The van der Waals surface area contributed by atoms with Crippen LogP contribution in [-0.4, -0.2) is 14.9 Å². The van der Waals surface area contributed by atoms with Gasteiger partial charge in [0.05, 0.1) is 6.61 Å². The maximum atomic E-state index is 6.17. The van der Waals surface area contributed by atoms with Crippen molar-refractivity contribution in [3.63, 3.8) is 0 Å². The van der Waals surface area contributed by atoms with Crippen molar-refractivity contribution in [2.24, 2.45) is 0 Å². The summed E-state index contributed by atoms with van der Waals surface area (Å²) in [7, 11) is -1.55. The highest BCUT2D eigenvalue weighted by molar-refractivity contribution is 6.74. The van der Waals surface area contributed by atoms with Gasteiger partial charge in [0.1, 0.15) is 0 Å². The largest absolute Gasteiger partial charge is 0.413 e. The Kier molecular flexibility index (Phi) is 3.96. The molecule has 1 aliphatic carbocycles. The maximum absolute atomic E-state index is 6.17. The molecule has 0 bridgehead atoms. The van der Waals surface area contributed by atoms with Crippen molar-refractivity contribution >= 4 is 8.32 Å². The quantitative estimate of drug-likeness (QED) is 0.650. The molecule has 2 heteroatoms. The summed E-state index contributed by atoms with van der Waals surface area (Å²) in [5, 5.41) is 0.318. The summed E-state index contributed by atoms with van der Waals surface area (Å²) in [5.74, 6) is 0. The van der Waals surface area contributed by atoms with E-state index in [0.717, 1.165) is 6.61 Å². The summed E-state index contributed by atoms with van der Waals surface area (Å²) in [4.78, 5) is 0. The van der Waals surface area contributed by atoms with Crippen LogP contribution in [0.4, 0.5) is 0 Å². The van der Waals surface area contributed by atoms with Gasteiger partial charge in [0.25, 0.3) is 0 Å². The van der Waals surface area contributed by atoms with Crippen molar-refractivity contribution in [1.29, 1.82) is 0 Å². The molecule has 0 aromatic rings. The van der Waals surface area contributed by atoms with Crippen molar-refractivity contribution in [2.75, 3.05) is 6.61 Å². The Balaban J connectivity index is 2.49. The molecule has 0 unspecified atom stereocenters. The summed E-state index contributed by atoms with van der Waals surface area (Å²) < 4.78 is 6.17. The van der Waals surface area contributed by atoms with E-state index in [1.807, 2.05) is 0 Å². The van der Waals surface area contributed by atoms with Gasteiger partial charge < -0.3 is 4.43 Å². The fourth-order valence-electron chi connectivity index (χ4n) is 1.26. The molecule has 1 nitrogen and oxygen atoms in total. The molecule has 0 aliphatic heterocycles. The lowest BCUT2D eigenvalue weighted by Crippen LogP contribution is -2.41. The van der Waals surface area contributed by atoms with Gasteiger partial charge in [-0.3, -0.25) is 0 Å². The minimum Gasteiger partial charge on any atom is -0.413 e. The Labute approximate surface area is 95.4 Å². The normalized spacial score (nSPS) is 17.8. The zero-order valence-corrected chi connectivity index (χ0v) is 11.8. The Hall–Kier alpha value is -0.343. The first-order valence-corrected chi connectivity index (χ1v) is 8.72. The molecule has 15 heavy (non-hydrogen) atoms. The number of allylic oxidation sites excluding steroid dienone is 3. The predicted octanol–water partition coefficient (Wildman–Crippen LogP) is 4.28. The van der Waals surface area contributed by atoms with Crippen LogP contribution >= 0.6 is 0 Å². The second-order valence-electron chi connectivity index (χ2n) is 5.84. The monoisotopic (exact) mass is 224 g/mol. The second-order valence-corrected chi connectivity index (χ2v) is 10.7. The standard InChI is InChI=1S/C13H24OSi/c1-13(2,3)15(4,5)14-11-12-9-7-6-8-10-12/h6-7,9H,8,10-11H2,1-5H3. The van der Waals surface area contributed by atoms with Crippen LogP contribution in [-0.2, 0) is 4.43 Å². The third-order valence-corrected chi connectivity index (χ3v) is 8.00. The van der Waals surface area contributed by atoms with Crippen molar-refractivity contribution in [3.05, 3.63) is 23.8 Å². The van der Waals surface area contributed by atoms with Gasteiger partial charge in [0.2, 0.25) is 0 Å². The van der Waals surface area contributed by atoms with Crippen molar-refractivity contribution in [2.45, 2.75) is 51.7 Å². The lowest BCUT2D eigenvalue weighted by atomic mass is 10.1. The highest BCUT2D eigenvalue weighted by Crippen LogP contribution is 2.36. The molecule has 1 aliphatic rings. The van der Waals surface area contributed by atoms with E-state index in [9.17, 15) is 0 Å². The lowest BCUT2D eigenvalue weighted by molar-refractivity contribution is 0.314. The van der Waals surface area contributed by atoms with Gasteiger partial charge >= 0.3 is 0 Å². The van der Waals surface area contributed by atoms with Gasteiger partial charge in [0, 0.05) is 0 Å². The Morgan fingerprint density at radius 1 is 1.33 bits per heavy atom. The minimum absolute atomic E-state index is 0.318. The zero-order valence-electron chi connectivity index (χ0n) is 10.8. The van der Waals surface area contributed by atoms with E-state index in [2.05, 4.69) is 52.1 Å². The van der Waals surface area contributed by atoms with Gasteiger partial charge in [-0.25, -0.2) is 0 Å². The number of hydrogen-bond acceptors (Lipinski definition) is 1. The molecule has 0 atom stereocenters. The van der Waals surface area contributed by atoms with Gasteiger partial charge in [-0.05, 0) is 36.5 Å². The summed E-state index contributed by atoms with van der Waals surface area (Å²) in [6.07, 6.45) is 8.91. The van der Waals surface area contributed by atoms with E-state index < -0.39 is 8.32 Å². The van der Waals surface area contributed by atoms with Crippen LogP contribution in [0.3, 0.4) is 0 Å². The summed E-state index contributed by atoms with van der Waals surface area (Å²) in [6.45, 7) is 12.3. The molecular formula is C13H24OSi. The average molecular weight is 224 g/mol. The molecule has 0 saturated carbocycles. The fourth-order valence-corrected chi connectivity index (χ4v) is 2.24. The number of rotatable bonds is 3. The Morgan fingerprint density at radius 2 is 2.00 bits per heavy atom. The lowest BCUT2D eigenvalue weighted by Gasteiger charge is -2.36. The first-order chi connectivity index (χ1) is 6.83. The maximum Gasteiger partial charge on any atom is 0.192 e. The molecule has 0 amide bonds.